The van der Waals surface area contributed by atoms with E-state index in [2.05, 4.69) is 18.7 Å². The maximum atomic E-state index is 11.6. The number of carboxylic acid groups (broad SMARTS) is 1. The van der Waals surface area contributed by atoms with E-state index in [0.29, 0.717) is 17.5 Å². The lowest BCUT2D eigenvalue weighted by atomic mass is 9.74. The number of aliphatic carboxylic acids is 1. The van der Waals surface area contributed by atoms with Crippen LogP contribution in [-0.4, -0.2) is 34.1 Å². The van der Waals surface area contributed by atoms with Gasteiger partial charge in [0, 0.05) is 12.1 Å². The van der Waals surface area contributed by atoms with Gasteiger partial charge < -0.3 is 5.11 Å². The lowest BCUT2D eigenvalue weighted by Crippen LogP contribution is -2.59. The molecule has 19 heavy (non-hydrogen) atoms. The van der Waals surface area contributed by atoms with Crippen LogP contribution >= 0.6 is 0 Å². The van der Waals surface area contributed by atoms with Gasteiger partial charge in [-0.05, 0) is 56.8 Å². The van der Waals surface area contributed by atoms with Crippen LogP contribution in [-0.2, 0) is 4.79 Å². The van der Waals surface area contributed by atoms with E-state index >= 15 is 0 Å². The van der Waals surface area contributed by atoms with Crippen LogP contribution in [0.3, 0.4) is 0 Å². The number of hydrogen-bond donors (Lipinski definition) is 1. The summed E-state index contributed by atoms with van der Waals surface area (Å²) in [7, 11) is 0. The normalized spacial score (nSPS) is 39.4. The van der Waals surface area contributed by atoms with Crippen molar-refractivity contribution >= 4 is 5.97 Å². The summed E-state index contributed by atoms with van der Waals surface area (Å²) in [4.78, 5) is 14.1. The van der Waals surface area contributed by atoms with Crippen molar-refractivity contribution in [1.29, 1.82) is 0 Å². The second kappa shape index (κ2) is 4.76. The maximum Gasteiger partial charge on any atom is 0.320 e. The second-order valence-corrected chi connectivity index (χ2v) is 7.32. The molecule has 2 aliphatic carbocycles. The molecule has 0 aromatic heterocycles. The minimum atomic E-state index is -0.597. The maximum absolute atomic E-state index is 11.6. The summed E-state index contributed by atoms with van der Waals surface area (Å²) in [6, 6.07) is 0.738. The topological polar surface area (TPSA) is 40.5 Å². The zero-order valence-corrected chi connectivity index (χ0v) is 12.3. The van der Waals surface area contributed by atoms with E-state index in [1.807, 2.05) is 0 Å². The average molecular weight is 265 g/mol. The van der Waals surface area contributed by atoms with Crippen molar-refractivity contribution in [2.45, 2.75) is 83.3 Å². The van der Waals surface area contributed by atoms with Crippen LogP contribution in [0.4, 0.5) is 0 Å². The Bertz CT molecular complexity index is 364. The molecule has 0 amide bonds. The zero-order valence-electron chi connectivity index (χ0n) is 12.3. The van der Waals surface area contributed by atoms with Crippen LogP contribution in [0.2, 0.25) is 0 Å². The third-order valence-electron chi connectivity index (χ3n) is 6.20. The Labute approximate surface area is 116 Å². The van der Waals surface area contributed by atoms with Gasteiger partial charge in [0.05, 0.1) is 0 Å². The highest BCUT2D eigenvalue weighted by Gasteiger charge is 2.51. The molecule has 1 aliphatic heterocycles. The summed E-state index contributed by atoms with van der Waals surface area (Å²) in [5, 5.41) is 9.59. The molecule has 0 bridgehead atoms. The van der Waals surface area contributed by atoms with E-state index < -0.39 is 5.97 Å². The van der Waals surface area contributed by atoms with Gasteiger partial charge in [-0.15, -0.1) is 0 Å². The minimum absolute atomic E-state index is 0.230. The van der Waals surface area contributed by atoms with E-state index in [-0.39, 0.29) is 6.04 Å². The molecule has 3 fully saturated rings. The summed E-state index contributed by atoms with van der Waals surface area (Å²) < 4.78 is 0. The molecule has 4 atom stereocenters. The minimum Gasteiger partial charge on any atom is -0.480 e. The van der Waals surface area contributed by atoms with Gasteiger partial charge in [-0.2, -0.15) is 0 Å². The van der Waals surface area contributed by atoms with Crippen LogP contribution < -0.4 is 0 Å². The molecule has 108 valence electrons. The summed E-state index contributed by atoms with van der Waals surface area (Å²) in [6.45, 7) is 4.61. The summed E-state index contributed by atoms with van der Waals surface area (Å²) in [5.41, 5.74) is 0.382. The molecule has 3 heteroatoms. The summed E-state index contributed by atoms with van der Waals surface area (Å²) in [5.74, 6) is 0.161. The van der Waals surface area contributed by atoms with Gasteiger partial charge in [0.25, 0.3) is 0 Å². The van der Waals surface area contributed by atoms with Crippen molar-refractivity contribution in [2.75, 3.05) is 0 Å². The lowest BCUT2D eigenvalue weighted by molar-refractivity contribution is -0.151. The molecular weight excluding hydrogens is 238 g/mol. The van der Waals surface area contributed by atoms with Gasteiger partial charge in [0.1, 0.15) is 6.04 Å². The highest BCUT2D eigenvalue weighted by atomic mass is 16.4. The molecule has 3 nitrogen and oxygen atoms in total. The Balaban J connectivity index is 1.85. The summed E-state index contributed by atoms with van der Waals surface area (Å²) in [6.07, 6.45) is 9.69. The van der Waals surface area contributed by atoms with Crippen LogP contribution in [0.5, 0.6) is 0 Å². The van der Waals surface area contributed by atoms with Gasteiger partial charge in [-0.1, -0.05) is 19.8 Å². The van der Waals surface area contributed by atoms with Crippen LogP contribution in [0.15, 0.2) is 0 Å². The number of likely N-dealkylation sites (tertiary alicyclic amines) is 1. The Morgan fingerprint density at radius 2 is 1.89 bits per heavy atom. The monoisotopic (exact) mass is 265 g/mol. The first kappa shape index (κ1) is 13.4. The Morgan fingerprint density at radius 1 is 1.21 bits per heavy atom. The molecule has 4 unspecified atom stereocenters. The predicted octanol–water partition coefficient (Wildman–Crippen LogP) is 3.28. The smallest absolute Gasteiger partial charge is 0.320 e. The van der Waals surface area contributed by atoms with Gasteiger partial charge in [0.15, 0.2) is 0 Å². The van der Waals surface area contributed by atoms with Crippen molar-refractivity contribution < 1.29 is 9.90 Å². The van der Waals surface area contributed by atoms with Gasteiger partial charge >= 0.3 is 5.97 Å². The number of hydrogen-bond acceptors (Lipinski definition) is 2. The molecule has 2 saturated carbocycles. The fraction of sp³-hybridized carbons (Fsp3) is 0.938. The molecule has 0 spiro atoms. The average Bonchev–Trinajstić information content (AvgIpc) is 3.15. The highest BCUT2D eigenvalue weighted by molar-refractivity contribution is 5.73. The van der Waals surface area contributed by atoms with Crippen molar-refractivity contribution in [3.8, 4) is 0 Å². The quantitative estimate of drug-likeness (QED) is 0.851. The van der Waals surface area contributed by atoms with Crippen molar-refractivity contribution in [3.63, 3.8) is 0 Å². The van der Waals surface area contributed by atoms with E-state index in [9.17, 15) is 9.90 Å². The molecule has 0 aromatic carbocycles. The van der Waals surface area contributed by atoms with Crippen LogP contribution in [0.25, 0.3) is 0 Å². The number of carboxylic acids is 1. The van der Waals surface area contributed by atoms with Crippen molar-refractivity contribution in [1.82, 2.24) is 4.90 Å². The first-order chi connectivity index (χ1) is 9.03. The van der Waals surface area contributed by atoms with Crippen molar-refractivity contribution in [3.05, 3.63) is 0 Å². The number of piperidine rings is 1. The first-order valence-corrected chi connectivity index (χ1v) is 8.03. The van der Waals surface area contributed by atoms with Gasteiger partial charge in [0.2, 0.25) is 0 Å². The third kappa shape index (κ3) is 2.31. The fourth-order valence-electron chi connectivity index (χ4n) is 4.45. The molecular formula is C16H27NO2. The summed E-state index contributed by atoms with van der Waals surface area (Å²) >= 11 is 0. The van der Waals surface area contributed by atoms with E-state index in [4.69, 9.17) is 0 Å². The van der Waals surface area contributed by atoms with E-state index in [1.165, 1.54) is 38.5 Å². The van der Waals surface area contributed by atoms with Gasteiger partial charge in [-0.3, -0.25) is 9.69 Å². The molecule has 3 aliphatic rings. The number of rotatable bonds is 3. The lowest BCUT2D eigenvalue weighted by Gasteiger charge is -2.51. The standard InChI is InChI=1S/C16H27NO2/c1-11(16(2)9-10-16)17-13-6-4-3-5-12(13)7-8-14(17)15(18)19/h11-14H,3-10H2,1-2H3,(H,18,19). The number of carbonyl (C=O) groups is 1. The van der Waals surface area contributed by atoms with Gasteiger partial charge in [-0.25, -0.2) is 0 Å². The third-order valence-corrected chi connectivity index (χ3v) is 6.20. The molecule has 1 N–H and O–H groups in total. The zero-order chi connectivity index (χ0) is 13.6. The largest absolute Gasteiger partial charge is 0.480 e. The van der Waals surface area contributed by atoms with Crippen LogP contribution in [0, 0.1) is 11.3 Å². The van der Waals surface area contributed by atoms with Crippen LogP contribution in [0.1, 0.15) is 65.2 Å². The molecule has 0 radical (unpaired) electrons. The number of fused-ring (bicyclic) bond motifs is 1. The second-order valence-electron chi connectivity index (χ2n) is 7.32. The van der Waals surface area contributed by atoms with E-state index in [1.54, 1.807) is 0 Å². The Hall–Kier alpha value is -0.570. The molecule has 0 aromatic rings. The first-order valence-electron chi connectivity index (χ1n) is 8.03. The predicted molar refractivity (Wildman–Crippen MR) is 75.0 cm³/mol. The molecule has 1 heterocycles. The molecule has 1 saturated heterocycles. The van der Waals surface area contributed by atoms with Crippen molar-refractivity contribution in [2.24, 2.45) is 11.3 Å². The fourth-order valence-corrected chi connectivity index (χ4v) is 4.45. The SMILES string of the molecule is CC(N1C(C(=O)O)CCC2CCCCC21)C1(C)CC1. The Kier molecular flexibility index (Phi) is 3.36. The molecule has 3 rings (SSSR count). The number of nitrogens with zero attached hydrogens (tertiary/aromatic N) is 1. The highest BCUT2D eigenvalue weighted by Crippen LogP contribution is 2.52. The Morgan fingerprint density at radius 3 is 2.53 bits per heavy atom. The van der Waals surface area contributed by atoms with E-state index in [0.717, 1.165) is 18.8 Å².